The molecule has 0 atom stereocenters. The van der Waals surface area contributed by atoms with Gasteiger partial charge in [0.05, 0.1) is 28.0 Å². The van der Waals surface area contributed by atoms with Gasteiger partial charge in [0, 0.05) is 23.7 Å². The smallest absolute Gasteiger partial charge is 0.248 e. The molecule has 3 rings (SSSR count). The van der Waals surface area contributed by atoms with Gasteiger partial charge >= 0.3 is 0 Å². The zero-order valence-electron chi connectivity index (χ0n) is 17.2. The number of ether oxygens (including phenoxy) is 1. The molecule has 166 valence electrons. The van der Waals surface area contributed by atoms with Gasteiger partial charge in [-0.25, -0.2) is 8.42 Å². The molecule has 0 fully saturated rings. The Labute approximate surface area is 194 Å². The number of aromatic nitrogens is 1. The number of thioether (sulfide) groups is 1. The molecule has 0 aliphatic heterocycles. The fourth-order valence-corrected chi connectivity index (χ4v) is 5.90. The van der Waals surface area contributed by atoms with Crippen LogP contribution in [-0.2, 0) is 21.2 Å². The standard InChI is InChI=1S/C21H23ClN2O4S3/c1-28-16-7-10-18-19(14-16)30-21(24(18)11-12-29-2)23-20(25)4-3-13-31(26,27)17-8-5-15(22)6-9-17/h5-10,14H,3-4,11-13H2,1-2H3. The molecule has 31 heavy (non-hydrogen) atoms. The summed E-state index contributed by atoms with van der Waals surface area (Å²) in [5.74, 6) is 1.18. The predicted molar refractivity (Wildman–Crippen MR) is 128 cm³/mol. The van der Waals surface area contributed by atoms with E-state index in [1.165, 1.54) is 23.5 Å². The molecule has 0 saturated heterocycles. The Kier molecular flexibility index (Phi) is 8.21. The first-order valence-corrected chi connectivity index (χ1v) is 13.8. The Hall–Kier alpha value is -1.81. The van der Waals surface area contributed by atoms with Gasteiger partial charge in [0.2, 0.25) is 5.91 Å². The highest BCUT2D eigenvalue weighted by atomic mass is 35.5. The molecule has 1 amide bonds. The van der Waals surface area contributed by atoms with Gasteiger partial charge in [0.1, 0.15) is 5.75 Å². The summed E-state index contributed by atoms with van der Waals surface area (Å²) in [5.41, 5.74) is 0.997. The molecule has 3 aromatic rings. The summed E-state index contributed by atoms with van der Waals surface area (Å²) in [6, 6.07) is 11.8. The SMILES string of the molecule is COc1ccc2c(c1)sc(=NC(=O)CCCS(=O)(=O)c1ccc(Cl)cc1)n2CCSC. The van der Waals surface area contributed by atoms with Crippen molar-refractivity contribution in [3.05, 3.63) is 52.3 Å². The maximum Gasteiger partial charge on any atom is 0.248 e. The monoisotopic (exact) mass is 498 g/mol. The maximum atomic E-state index is 12.5. The second-order valence-corrected chi connectivity index (χ2v) is 11.3. The first-order valence-electron chi connectivity index (χ1n) is 9.56. The number of methoxy groups -OCH3 is 1. The van der Waals surface area contributed by atoms with Crippen molar-refractivity contribution in [1.82, 2.24) is 4.57 Å². The molecule has 2 aromatic carbocycles. The number of carbonyl (C=O) groups is 1. The van der Waals surface area contributed by atoms with Crippen LogP contribution < -0.4 is 9.54 Å². The number of halogens is 1. The summed E-state index contributed by atoms with van der Waals surface area (Å²) in [6.45, 7) is 0.727. The van der Waals surface area contributed by atoms with Crippen LogP contribution in [0.1, 0.15) is 12.8 Å². The number of carbonyl (C=O) groups excluding carboxylic acids is 1. The number of thiazole rings is 1. The van der Waals surface area contributed by atoms with Gasteiger partial charge in [-0.15, -0.1) is 0 Å². The minimum Gasteiger partial charge on any atom is -0.497 e. The van der Waals surface area contributed by atoms with E-state index in [1.54, 1.807) is 31.0 Å². The molecule has 10 heteroatoms. The van der Waals surface area contributed by atoms with E-state index in [-0.39, 0.29) is 29.4 Å². The van der Waals surface area contributed by atoms with Gasteiger partial charge < -0.3 is 9.30 Å². The number of rotatable bonds is 9. The van der Waals surface area contributed by atoms with Crippen molar-refractivity contribution in [2.45, 2.75) is 24.3 Å². The summed E-state index contributed by atoms with van der Waals surface area (Å²) in [4.78, 5) is 17.6. The lowest BCUT2D eigenvalue weighted by Gasteiger charge is -2.05. The van der Waals surface area contributed by atoms with Crippen LogP contribution in [0.15, 0.2) is 52.4 Å². The van der Waals surface area contributed by atoms with Crippen LogP contribution in [0, 0.1) is 0 Å². The maximum absolute atomic E-state index is 12.5. The Bertz CT molecular complexity index is 1230. The van der Waals surface area contributed by atoms with Crippen molar-refractivity contribution in [3.63, 3.8) is 0 Å². The minimum atomic E-state index is -3.47. The van der Waals surface area contributed by atoms with E-state index in [0.29, 0.717) is 9.82 Å². The van der Waals surface area contributed by atoms with E-state index in [0.717, 1.165) is 28.3 Å². The Morgan fingerprint density at radius 1 is 1.23 bits per heavy atom. The number of hydrogen-bond donors (Lipinski definition) is 0. The molecule has 0 saturated carbocycles. The quantitative estimate of drug-likeness (QED) is 0.436. The first-order chi connectivity index (χ1) is 14.8. The molecule has 0 bridgehead atoms. The number of sulfone groups is 1. The topological polar surface area (TPSA) is 77.7 Å². The largest absolute Gasteiger partial charge is 0.497 e. The number of fused-ring (bicyclic) bond motifs is 1. The van der Waals surface area contributed by atoms with Gasteiger partial charge in [0.25, 0.3) is 0 Å². The van der Waals surface area contributed by atoms with Crippen molar-refractivity contribution in [2.24, 2.45) is 4.99 Å². The number of hydrogen-bond acceptors (Lipinski definition) is 6. The van der Waals surface area contributed by atoms with Gasteiger partial charge in [-0.3, -0.25) is 4.79 Å². The first kappa shape index (κ1) is 23.8. The second kappa shape index (κ2) is 10.7. The van der Waals surface area contributed by atoms with Crippen molar-refractivity contribution in [3.8, 4) is 5.75 Å². The summed E-state index contributed by atoms with van der Waals surface area (Å²) in [7, 11) is -1.85. The van der Waals surface area contributed by atoms with Gasteiger partial charge in [0.15, 0.2) is 14.6 Å². The summed E-state index contributed by atoms with van der Waals surface area (Å²) in [5, 5.41) is 0.476. The van der Waals surface area contributed by atoms with E-state index in [1.807, 2.05) is 29.0 Å². The van der Waals surface area contributed by atoms with Crippen molar-refractivity contribution < 1.29 is 17.9 Å². The molecular formula is C21H23ClN2O4S3. The molecular weight excluding hydrogens is 476 g/mol. The third-order valence-electron chi connectivity index (χ3n) is 4.61. The van der Waals surface area contributed by atoms with Crippen LogP contribution in [-0.4, -0.2) is 43.8 Å². The average molecular weight is 499 g/mol. The zero-order chi connectivity index (χ0) is 22.4. The Balaban J connectivity index is 1.76. The highest BCUT2D eigenvalue weighted by molar-refractivity contribution is 7.98. The fraction of sp³-hybridized carbons (Fsp3) is 0.333. The fourth-order valence-electron chi connectivity index (χ4n) is 3.00. The van der Waals surface area contributed by atoms with Gasteiger partial charge in [-0.1, -0.05) is 22.9 Å². The summed E-state index contributed by atoms with van der Waals surface area (Å²) < 4.78 is 33.2. The third-order valence-corrected chi connectivity index (χ3v) is 8.31. The Morgan fingerprint density at radius 2 is 1.97 bits per heavy atom. The van der Waals surface area contributed by atoms with E-state index in [2.05, 4.69) is 4.99 Å². The number of aryl methyl sites for hydroxylation is 1. The van der Waals surface area contributed by atoms with Crippen molar-refractivity contribution in [2.75, 3.05) is 24.9 Å². The third kappa shape index (κ3) is 6.12. The number of nitrogens with zero attached hydrogens (tertiary/aromatic N) is 2. The lowest BCUT2D eigenvalue weighted by atomic mass is 10.3. The summed E-state index contributed by atoms with van der Waals surface area (Å²) in [6.07, 6.45) is 2.30. The minimum absolute atomic E-state index is 0.0624. The van der Waals surface area contributed by atoms with Gasteiger partial charge in [-0.2, -0.15) is 16.8 Å². The molecule has 1 aromatic heterocycles. The molecule has 0 N–H and O–H groups in total. The molecule has 0 unspecified atom stereocenters. The van der Waals surface area contributed by atoms with E-state index < -0.39 is 9.84 Å². The van der Waals surface area contributed by atoms with Crippen molar-refractivity contribution in [1.29, 1.82) is 0 Å². The lowest BCUT2D eigenvalue weighted by Crippen LogP contribution is -2.18. The highest BCUT2D eigenvalue weighted by Gasteiger charge is 2.15. The molecule has 1 heterocycles. The molecule has 0 spiro atoms. The zero-order valence-corrected chi connectivity index (χ0v) is 20.4. The van der Waals surface area contributed by atoms with E-state index >= 15 is 0 Å². The van der Waals surface area contributed by atoms with Crippen LogP contribution in [0.5, 0.6) is 5.75 Å². The molecule has 0 aliphatic carbocycles. The van der Waals surface area contributed by atoms with Crippen LogP contribution in [0.25, 0.3) is 10.2 Å². The molecule has 6 nitrogen and oxygen atoms in total. The van der Waals surface area contributed by atoms with Crippen LogP contribution in [0.2, 0.25) is 5.02 Å². The lowest BCUT2D eigenvalue weighted by molar-refractivity contribution is -0.118. The summed E-state index contributed by atoms with van der Waals surface area (Å²) >= 11 is 8.96. The van der Waals surface area contributed by atoms with Crippen LogP contribution in [0.4, 0.5) is 0 Å². The molecule has 0 aliphatic rings. The van der Waals surface area contributed by atoms with Gasteiger partial charge in [-0.05, 0) is 55.1 Å². The van der Waals surface area contributed by atoms with Crippen molar-refractivity contribution >= 4 is 60.7 Å². The van der Waals surface area contributed by atoms with Crippen LogP contribution >= 0.6 is 34.7 Å². The van der Waals surface area contributed by atoms with Crippen LogP contribution in [0.3, 0.4) is 0 Å². The highest BCUT2D eigenvalue weighted by Crippen LogP contribution is 2.23. The predicted octanol–water partition coefficient (Wildman–Crippen LogP) is 4.41. The van der Waals surface area contributed by atoms with E-state index in [9.17, 15) is 13.2 Å². The Morgan fingerprint density at radius 3 is 2.65 bits per heavy atom. The van der Waals surface area contributed by atoms with E-state index in [4.69, 9.17) is 16.3 Å². The average Bonchev–Trinajstić information content (AvgIpc) is 3.08. The number of benzene rings is 2. The number of amides is 1. The molecule has 0 radical (unpaired) electrons. The second-order valence-electron chi connectivity index (χ2n) is 6.74. The normalized spacial score (nSPS) is 12.4.